The maximum atomic E-state index is 11.8. The lowest BCUT2D eigenvalue weighted by molar-refractivity contribution is 0.240. The van der Waals surface area contributed by atoms with E-state index in [1.807, 2.05) is 0 Å². The molecule has 2 unspecified atom stereocenters. The molecule has 4 N–H and O–H groups in total. The normalized spacial score (nSPS) is 23.4. The quantitative estimate of drug-likeness (QED) is 0.771. The summed E-state index contributed by atoms with van der Waals surface area (Å²) in [6.45, 7) is 0. The second-order valence-electron chi connectivity index (χ2n) is 4.66. The van der Waals surface area contributed by atoms with Crippen LogP contribution in [0.15, 0.2) is 24.3 Å². The molecule has 1 fully saturated rings. The number of hydrogen-bond acceptors (Lipinski definition) is 2. The van der Waals surface area contributed by atoms with Crippen LogP contribution in [0.25, 0.3) is 0 Å². The molecule has 0 aromatic heterocycles. The highest BCUT2D eigenvalue weighted by Crippen LogP contribution is 2.17. The van der Waals surface area contributed by atoms with Crippen molar-refractivity contribution in [1.29, 1.82) is 0 Å². The van der Waals surface area contributed by atoms with Crippen LogP contribution in [0.4, 0.5) is 10.5 Å². The van der Waals surface area contributed by atoms with Crippen molar-refractivity contribution in [3.63, 3.8) is 0 Å². The average Bonchev–Trinajstić information content (AvgIpc) is 2.35. The number of rotatable bonds is 2. The summed E-state index contributed by atoms with van der Waals surface area (Å²) in [7, 11) is 0. The molecule has 2 atom stereocenters. The van der Waals surface area contributed by atoms with Gasteiger partial charge in [0.05, 0.1) is 0 Å². The average molecular weight is 268 g/mol. The topological polar surface area (TPSA) is 67.1 Å². The number of amides is 2. The van der Waals surface area contributed by atoms with Crippen molar-refractivity contribution in [2.24, 2.45) is 5.73 Å². The second-order valence-corrected chi connectivity index (χ2v) is 5.10. The Hall–Kier alpha value is -1.26. The van der Waals surface area contributed by atoms with Crippen molar-refractivity contribution in [2.75, 3.05) is 5.32 Å². The van der Waals surface area contributed by atoms with Gasteiger partial charge in [0.25, 0.3) is 0 Å². The molecule has 5 heteroatoms. The van der Waals surface area contributed by atoms with Crippen LogP contribution in [0.5, 0.6) is 0 Å². The van der Waals surface area contributed by atoms with E-state index in [0.717, 1.165) is 31.4 Å². The Morgan fingerprint density at radius 3 is 2.56 bits per heavy atom. The van der Waals surface area contributed by atoms with Gasteiger partial charge in [-0.3, -0.25) is 0 Å². The fourth-order valence-electron chi connectivity index (χ4n) is 2.21. The number of benzene rings is 1. The molecule has 0 radical (unpaired) electrons. The number of nitrogens with one attached hydrogen (secondary N) is 2. The Morgan fingerprint density at radius 1 is 1.22 bits per heavy atom. The fraction of sp³-hybridized carbons (Fsp3) is 0.462. The molecular formula is C13H18ClN3O. The van der Waals surface area contributed by atoms with E-state index in [1.54, 1.807) is 24.3 Å². The molecule has 98 valence electrons. The molecule has 1 aliphatic carbocycles. The van der Waals surface area contributed by atoms with E-state index in [9.17, 15) is 4.79 Å². The maximum Gasteiger partial charge on any atom is 0.319 e. The Labute approximate surface area is 112 Å². The minimum atomic E-state index is -0.209. The fourth-order valence-corrected chi connectivity index (χ4v) is 2.33. The van der Waals surface area contributed by atoms with Gasteiger partial charge in [-0.25, -0.2) is 4.79 Å². The van der Waals surface area contributed by atoms with Crippen molar-refractivity contribution >= 4 is 23.3 Å². The van der Waals surface area contributed by atoms with Crippen LogP contribution in [0, 0.1) is 0 Å². The smallest absolute Gasteiger partial charge is 0.319 e. The molecule has 0 heterocycles. The van der Waals surface area contributed by atoms with Crippen LogP contribution >= 0.6 is 11.6 Å². The maximum absolute atomic E-state index is 11.8. The third kappa shape index (κ3) is 3.62. The highest BCUT2D eigenvalue weighted by molar-refractivity contribution is 6.30. The number of urea groups is 1. The third-order valence-electron chi connectivity index (χ3n) is 3.24. The second kappa shape index (κ2) is 6.07. The lowest BCUT2D eigenvalue weighted by Gasteiger charge is -2.29. The molecular weight excluding hydrogens is 250 g/mol. The van der Waals surface area contributed by atoms with Crippen LogP contribution < -0.4 is 16.4 Å². The van der Waals surface area contributed by atoms with Crippen LogP contribution in [0.3, 0.4) is 0 Å². The SMILES string of the molecule is NC1CCCCC1NC(=O)Nc1ccc(Cl)cc1. The summed E-state index contributed by atoms with van der Waals surface area (Å²) in [6, 6.07) is 6.94. The van der Waals surface area contributed by atoms with E-state index in [2.05, 4.69) is 10.6 Å². The molecule has 2 amide bonds. The van der Waals surface area contributed by atoms with E-state index >= 15 is 0 Å². The minimum Gasteiger partial charge on any atom is -0.334 e. The zero-order valence-electron chi connectivity index (χ0n) is 10.2. The molecule has 0 bridgehead atoms. The summed E-state index contributed by atoms with van der Waals surface area (Å²) >= 11 is 5.78. The van der Waals surface area contributed by atoms with E-state index in [4.69, 9.17) is 17.3 Å². The molecule has 1 aromatic carbocycles. The van der Waals surface area contributed by atoms with Gasteiger partial charge in [0.1, 0.15) is 0 Å². The van der Waals surface area contributed by atoms with E-state index in [0.29, 0.717) is 5.02 Å². The largest absolute Gasteiger partial charge is 0.334 e. The van der Waals surface area contributed by atoms with Gasteiger partial charge >= 0.3 is 6.03 Å². The van der Waals surface area contributed by atoms with Gasteiger partial charge < -0.3 is 16.4 Å². The number of anilines is 1. The lowest BCUT2D eigenvalue weighted by atomic mass is 9.91. The van der Waals surface area contributed by atoms with Gasteiger partial charge in [-0.15, -0.1) is 0 Å². The number of halogens is 1. The molecule has 1 aliphatic rings. The summed E-state index contributed by atoms with van der Waals surface area (Å²) in [6.07, 6.45) is 4.21. The van der Waals surface area contributed by atoms with Gasteiger partial charge in [0.2, 0.25) is 0 Å². The first-order valence-corrected chi connectivity index (χ1v) is 6.61. The summed E-state index contributed by atoms with van der Waals surface area (Å²) in [5, 5.41) is 6.34. The first kappa shape index (κ1) is 13.2. The highest BCUT2D eigenvalue weighted by Gasteiger charge is 2.23. The summed E-state index contributed by atoms with van der Waals surface area (Å²) < 4.78 is 0. The van der Waals surface area contributed by atoms with Gasteiger partial charge in [0, 0.05) is 22.8 Å². The zero-order valence-corrected chi connectivity index (χ0v) is 10.9. The third-order valence-corrected chi connectivity index (χ3v) is 3.49. The van der Waals surface area contributed by atoms with Crippen molar-refractivity contribution in [2.45, 2.75) is 37.8 Å². The predicted molar refractivity (Wildman–Crippen MR) is 73.8 cm³/mol. The van der Waals surface area contributed by atoms with Crippen molar-refractivity contribution in [3.05, 3.63) is 29.3 Å². The van der Waals surface area contributed by atoms with Crippen LogP contribution in [0.1, 0.15) is 25.7 Å². The zero-order chi connectivity index (χ0) is 13.0. The predicted octanol–water partition coefficient (Wildman–Crippen LogP) is 2.73. The molecule has 1 saturated carbocycles. The molecule has 0 aliphatic heterocycles. The molecule has 2 rings (SSSR count). The van der Waals surface area contributed by atoms with E-state index in [1.165, 1.54) is 0 Å². The van der Waals surface area contributed by atoms with Crippen LogP contribution in [-0.2, 0) is 0 Å². The van der Waals surface area contributed by atoms with Gasteiger partial charge in [-0.1, -0.05) is 24.4 Å². The molecule has 0 spiro atoms. The monoisotopic (exact) mass is 267 g/mol. The summed E-state index contributed by atoms with van der Waals surface area (Å²) in [5.41, 5.74) is 6.70. The number of carbonyl (C=O) groups excluding carboxylic acids is 1. The Kier molecular flexibility index (Phi) is 4.44. The van der Waals surface area contributed by atoms with Gasteiger partial charge in [-0.05, 0) is 37.1 Å². The first-order chi connectivity index (χ1) is 8.65. The Morgan fingerprint density at radius 2 is 1.89 bits per heavy atom. The summed E-state index contributed by atoms with van der Waals surface area (Å²) in [5.74, 6) is 0. The number of carbonyl (C=O) groups is 1. The van der Waals surface area contributed by atoms with Gasteiger partial charge in [0.15, 0.2) is 0 Å². The highest BCUT2D eigenvalue weighted by atomic mass is 35.5. The summed E-state index contributed by atoms with van der Waals surface area (Å²) in [4.78, 5) is 11.8. The van der Waals surface area contributed by atoms with Crippen molar-refractivity contribution in [3.8, 4) is 0 Å². The lowest BCUT2D eigenvalue weighted by Crippen LogP contribution is -2.50. The van der Waals surface area contributed by atoms with Crippen LogP contribution in [-0.4, -0.2) is 18.1 Å². The minimum absolute atomic E-state index is 0.0646. The Bertz CT molecular complexity index is 407. The molecule has 4 nitrogen and oxygen atoms in total. The van der Waals surface area contributed by atoms with E-state index in [-0.39, 0.29) is 18.1 Å². The number of nitrogens with two attached hydrogens (primary N) is 1. The molecule has 18 heavy (non-hydrogen) atoms. The first-order valence-electron chi connectivity index (χ1n) is 6.24. The molecule has 1 aromatic rings. The molecule has 0 saturated heterocycles. The standard InChI is InChI=1S/C13H18ClN3O/c14-9-5-7-10(8-6-9)16-13(18)17-12-4-2-1-3-11(12)15/h5-8,11-12H,1-4,15H2,(H2,16,17,18). The van der Waals surface area contributed by atoms with Gasteiger partial charge in [-0.2, -0.15) is 0 Å². The van der Waals surface area contributed by atoms with Crippen molar-refractivity contribution < 1.29 is 4.79 Å². The van der Waals surface area contributed by atoms with E-state index < -0.39 is 0 Å². The van der Waals surface area contributed by atoms with Crippen LogP contribution in [0.2, 0.25) is 5.02 Å². The number of hydrogen-bond donors (Lipinski definition) is 3. The Balaban J connectivity index is 1.86. The van der Waals surface area contributed by atoms with Crippen molar-refractivity contribution in [1.82, 2.24) is 5.32 Å².